The average Bonchev–Trinajstić information content (AvgIpc) is 2.35. The van der Waals surface area contributed by atoms with Crippen LogP contribution in [0, 0.1) is 0 Å². The molecule has 0 rings (SSSR count). The van der Waals surface area contributed by atoms with E-state index in [1.165, 1.54) is 0 Å². The molecule has 20 heavy (non-hydrogen) atoms. The SMILES string of the molecule is C=CC(=O)OCCC(C)(C)OCCC(C)(C)OCCO. The number of aliphatic hydroxyl groups excluding tert-OH is 1. The van der Waals surface area contributed by atoms with E-state index in [0.717, 1.165) is 12.5 Å². The number of hydrogen-bond acceptors (Lipinski definition) is 5. The van der Waals surface area contributed by atoms with Crippen molar-refractivity contribution in [2.45, 2.75) is 51.7 Å². The molecule has 5 heteroatoms. The van der Waals surface area contributed by atoms with E-state index in [1.54, 1.807) is 0 Å². The van der Waals surface area contributed by atoms with E-state index in [0.29, 0.717) is 26.2 Å². The van der Waals surface area contributed by atoms with Crippen LogP contribution in [0.5, 0.6) is 0 Å². The fourth-order valence-electron chi connectivity index (χ4n) is 1.50. The van der Waals surface area contributed by atoms with Crippen LogP contribution in [0.25, 0.3) is 0 Å². The number of ether oxygens (including phenoxy) is 3. The maximum absolute atomic E-state index is 10.9. The molecule has 0 aromatic rings. The van der Waals surface area contributed by atoms with Crippen LogP contribution in [0.3, 0.4) is 0 Å². The summed E-state index contributed by atoms with van der Waals surface area (Å²) < 4.78 is 16.2. The van der Waals surface area contributed by atoms with Gasteiger partial charge in [0.2, 0.25) is 0 Å². The van der Waals surface area contributed by atoms with Crippen molar-refractivity contribution in [2.75, 3.05) is 26.4 Å². The fraction of sp³-hybridized carbons (Fsp3) is 0.800. The van der Waals surface area contributed by atoms with Crippen LogP contribution in [0.2, 0.25) is 0 Å². The van der Waals surface area contributed by atoms with Gasteiger partial charge in [-0.15, -0.1) is 0 Å². The van der Waals surface area contributed by atoms with Crippen molar-refractivity contribution in [1.29, 1.82) is 0 Å². The first kappa shape index (κ1) is 19.1. The largest absolute Gasteiger partial charge is 0.462 e. The maximum Gasteiger partial charge on any atom is 0.330 e. The summed E-state index contributed by atoms with van der Waals surface area (Å²) >= 11 is 0. The quantitative estimate of drug-likeness (QED) is 0.466. The smallest absolute Gasteiger partial charge is 0.330 e. The summed E-state index contributed by atoms with van der Waals surface area (Å²) in [6.07, 6.45) is 2.49. The van der Waals surface area contributed by atoms with Crippen molar-refractivity contribution >= 4 is 5.97 Å². The first-order chi connectivity index (χ1) is 9.22. The van der Waals surface area contributed by atoms with Crippen molar-refractivity contribution in [2.24, 2.45) is 0 Å². The molecule has 0 spiro atoms. The lowest BCUT2D eigenvalue weighted by Crippen LogP contribution is -2.32. The van der Waals surface area contributed by atoms with E-state index in [-0.39, 0.29) is 17.8 Å². The predicted octanol–water partition coefficient (Wildman–Crippen LogP) is 2.08. The van der Waals surface area contributed by atoms with Gasteiger partial charge in [0.1, 0.15) is 0 Å². The Morgan fingerprint density at radius 2 is 1.55 bits per heavy atom. The lowest BCUT2D eigenvalue weighted by Gasteiger charge is -2.29. The molecule has 0 amide bonds. The third-order valence-electron chi connectivity index (χ3n) is 2.90. The zero-order valence-corrected chi connectivity index (χ0v) is 13.1. The third-order valence-corrected chi connectivity index (χ3v) is 2.90. The van der Waals surface area contributed by atoms with Gasteiger partial charge in [-0.25, -0.2) is 4.79 Å². The van der Waals surface area contributed by atoms with Crippen LogP contribution in [0.4, 0.5) is 0 Å². The predicted molar refractivity (Wildman–Crippen MR) is 77.5 cm³/mol. The number of aliphatic hydroxyl groups is 1. The maximum atomic E-state index is 10.9. The topological polar surface area (TPSA) is 65.0 Å². The molecule has 0 aromatic heterocycles. The Kier molecular flexibility index (Phi) is 8.69. The van der Waals surface area contributed by atoms with E-state index in [2.05, 4.69) is 6.58 Å². The zero-order valence-electron chi connectivity index (χ0n) is 13.1. The lowest BCUT2D eigenvalue weighted by atomic mass is 10.0. The minimum Gasteiger partial charge on any atom is -0.462 e. The highest BCUT2D eigenvalue weighted by molar-refractivity contribution is 5.81. The molecule has 0 atom stereocenters. The second kappa shape index (κ2) is 9.10. The summed E-state index contributed by atoms with van der Waals surface area (Å²) in [6, 6.07) is 0. The molecule has 0 heterocycles. The molecule has 0 aliphatic heterocycles. The van der Waals surface area contributed by atoms with Crippen LogP contribution < -0.4 is 0 Å². The normalized spacial score (nSPS) is 12.2. The summed E-state index contributed by atoms with van der Waals surface area (Å²) in [5.74, 6) is -0.417. The molecule has 0 bridgehead atoms. The average molecular weight is 288 g/mol. The highest BCUT2D eigenvalue weighted by Crippen LogP contribution is 2.19. The van der Waals surface area contributed by atoms with Crippen molar-refractivity contribution in [1.82, 2.24) is 0 Å². The molecular weight excluding hydrogens is 260 g/mol. The molecule has 0 aliphatic carbocycles. The molecular formula is C15H28O5. The van der Waals surface area contributed by atoms with Gasteiger partial charge in [0, 0.05) is 12.5 Å². The molecule has 0 radical (unpaired) electrons. The van der Waals surface area contributed by atoms with E-state index < -0.39 is 5.97 Å². The van der Waals surface area contributed by atoms with Gasteiger partial charge in [-0.05, 0) is 34.1 Å². The third kappa shape index (κ3) is 9.95. The van der Waals surface area contributed by atoms with Crippen molar-refractivity contribution in [3.05, 3.63) is 12.7 Å². The highest BCUT2D eigenvalue weighted by atomic mass is 16.5. The van der Waals surface area contributed by atoms with Gasteiger partial charge in [0.25, 0.3) is 0 Å². The number of rotatable bonds is 11. The Morgan fingerprint density at radius 1 is 1.05 bits per heavy atom. The fourth-order valence-corrected chi connectivity index (χ4v) is 1.50. The van der Waals surface area contributed by atoms with Crippen LogP contribution in [-0.4, -0.2) is 48.7 Å². The Morgan fingerprint density at radius 3 is 2.05 bits per heavy atom. The van der Waals surface area contributed by atoms with E-state index in [9.17, 15) is 4.79 Å². The summed E-state index contributed by atoms with van der Waals surface area (Å²) in [5.41, 5.74) is -0.692. The standard InChI is InChI=1S/C15H28O5/c1-6-13(17)18-10-7-14(2,3)19-11-8-15(4,5)20-12-9-16/h6,16H,1,7-12H2,2-5H3. The summed E-state index contributed by atoms with van der Waals surface area (Å²) in [7, 11) is 0. The van der Waals surface area contributed by atoms with Crippen LogP contribution >= 0.6 is 0 Å². The van der Waals surface area contributed by atoms with Gasteiger partial charge < -0.3 is 19.3 Å². The highest BCUT2D eigenvalue weighted by Gasteiger charge is 2.22. The van der Waals surface area contributed by atoms with Gasteiger partial charge in [0.15, 0.2) is 0 Å². The number of carbonyl (C=O) groups excluding carboxylic acids is 1. The minimum atomic E-state index is -0.417. The Labute approximate surface area is 121 Å². The molecule has 0 aliphatic rings. The minimum absolute atomic E-state index is 0.0183. The first-order valence-electron chi connectivity index (χ1n) is 6.90. The van der Waals surface area contributed by atoms with Gasteiger partial charge in [0.05, 0.1) is 37.6 Å². The second-order valence-electron chi connectivity index (χ2n) is 5.81. The van der Waals surface area contributed by atoms with Gasteiger partial charge in [-0.3, -0.25) is 0 Å². The lowest BCUT2D eigenvalue weighted by molar-refractivity contribution is -0.140. The van der Waals surface area contributed by atoms with Crippen LogP contribution in [-0.2, 0) is 19.0 Å². The van der Waals surface area contributed by atoms with E-state index in [4.69, 9.17) is 19.3 Å². The second-order valence-corrected chi connectivity index (χ2v) is 5.81. The summed E-state index contributed by atoms with van der Waals surface area (Å²) in [5, 5.41) is 8.74. The van der Waals surface area contributed by atoms with E-state index in [1.807, 2.05) is 27.7 Å². The molecule has 0 fully saturated rings. The number of esters is 1. The van der Waals surface area contributed by atoms with E-state index >= 15 is 0 Å². The molecule has 0 saturated heterocycles. The number of carbonyl (C=O) groups is 1. The number of hydrogen-bond donors (Lipinski definition) is 1. The van der Waals surface area contributed by atoms with Crippen molar-refractivity contribution < 1.29 is 24.1 Å². The molecule has 0 saturated carbocycles. The van der Waals surface area contributed by atoms with Crippen molar-refractivity contribution in [3.8, 4) is 0 Å². The molecule has 0 unspecified atom stereocenters. The Hall–Kier alpha value is -0.910. The molecule has 5 nitrogen and oxygen atoms in total. The van der Waals surface area contributed by atoms with Crippen LogP contribution in [0.1, 0.15) is 40.5 Å². The monoisotopic (exact) mass is 288 g/mol. The molecule has 118 valence electrons. The Balaban J connectivity index is 3.91. The van der Waals surface area contributed by atoms with Gasteiger partial charge >= 0.3 is 5.97 Å². The molecule has 1 N–H and O–H groups in total. The van der Waals surface area contributed by atoms with Gasteiger partial charge in [-0.1, -0.05) is 6.58 Å². The van der Waals surface area contributed by atoms with Crippen molar-refractivity contribution in [3.63, 3.8) is 0 Å². The summed E-state index contributed by atoms with van der Waals surface area (Å²) in [4.78, 5) is 10.9. The molecule has 0 aromatic carbocycles. The Bertz CT molecular complexity index is 297. The first-order valence-corrected chi connectivity index (χ1v) is 6.90. The van der Waals surface area contributed by atoms with Gasteiger partial charge in [-0.2, -0.15) is 0 Å². The zero-order chi connectivity index (χ0) is 15.6. The van der Waals surface area contributed by atoms with Crippen LogP contribution in [0.15, 0.2) is 12.7 Å². The summed E-state index contributed by atoms with van der Waals surface area (Å²) in [6.45, 7) is 12.4.